The van der Waals surface area contributed by atoms with Gasteiger partial charge in [-0.05, 0) is 18.3 Å². The molecule has 0 aromatic heterocycles. The third kappa shape index (κ3) is 1.46. The van der Waals surface area contributed by atoms with E-state index in [1.54, 1.807) is 5.01 Å². The van der Waals surface area contributed by atoms with Gasteiger partial charge in [0, 0.05) is 13.6 Å². The Kier molecular flexibility index (Phi) is 1.54. The molecule has 0 heterocycles. The Balaban J connectivity index is 2.05. The Morgan fingerprint density at radius 2 is 2.25 bits per heavy atom. The molecule has 0 aliphatic heterocycles. The van der Waals surface area contributed by atoms with Crippen molar-refractivity contribution in [2.45, 2.75) is 13.3 Å². The predicted molar refractivity (Wildman–Crippen MR) is 34.1 cm³/mol. The van der Waals surface area contributed by atoms with Gasteiger partial charge in [0.05, 0.1) is 0 Å². The van der Waals surface area contributed by atoms with Crippen LogP contribution in [-0.4, -0.2) is 18.6 Å². The summed E-state index contributed by atoms with van der Waals surface area (Å²) < 4.78 is 0. The molecule has 0 saturated heterocycles. The zero-order valence-corrected chi connectivity index (χ0v) is 5.59. The minimum absolute atomic E-state index is 0.894. The minimum atomic E-state index is 0.894. The van der Waals surface area contributed by atoms with Crippen molar-refractivity contribution in [2.24, 2.45) is 17.7 Å². The van der Waals surface area contributed by atoms with Gasteiger partial charge in [0.2, 0.25) is 0 Å². The van der Waals surface area contributed by atoms with Gasteiger partial charge < -0.3 is 0 Å². The maximum absolute atomic E-state index is 5.43. The lowest BCUT2D eigenvalue weighted by atomic mass is 10.3. The Morgan fingerprint density at radius 1 is 1.75 bits per heavy atom. The summed E-state index contributed by atoms with van der Waals surface area (Å²) in [6, 6.07) is 0. The standard InChI is InChI=1S/C6H14N2/c1-5-3-6(5)4-8(2)7/h5-6H,3-4,7H2,1-2H3. The van der Waals surface area contributed by atoms with Crippen LogP contribution in [0.25, 0.3) is 0 Å². The largest absolute Gasteiger partial charge is 0.269 e. The summed E-state index contributed by atoms with van der Waals surface area (Å²) >= 11 is 0. The van der Waals surface area contributed by atoms with E-state index in [0.717, 1.165) is 18.4 Å². The molecule has 0 aromatic carbocycles. The molecular formula is C6H14N2. The van der Waals surface area contributed by atoms with E-state index >= 15 is 0 Å². The van der Waals surface area contributed by atoms with E-state index in [1.807, 2.05) is 7.05 Å². The summed E-state index contributed by atoms with van der Waals surface area (Å²) in [5, 5.41) is 1.77. The number of hydrogen-bond donors (Lipinski definition) is 1. The van der Waals surface area contributed by atoms with E-state index in [1.165, 1.54) is 6.42 Å². The van der Waals surface area contributed by atoms with Crippen molar-refractivity contribution in [3.05, 3.63) is 0 Å². The van der Waals surface area contributed by atoms with E-state index in [0.29, 0.717) is 0 Å². The maximum atomic E-state index is 5.43. The molecule has 1 saturated carbocycles. The smallest absolute Gasteiger partial charge is 0.0156 e. The molecule has 0 bridgehead atoms. The number of nitrogens with two attached hydrogens (primary N) is 1. The zero-order chi connectivity index (χ0) is 6.15. The Hall–Kier alpha value is -0.0800. The fourth-order valence-electron chi connectivity index (χ4n) is 1.02. The van der Waals surface area contributed by atoms with Gasteiger partial charge in [0.15, 0.2) is 0 Å². The molecule has 1 aliphatic rings. The van der Waals surface area contributed by atoms with E-state index in [2.05, 4.69) is 6.92 Å². The molecule has 2 N–H and O–H groups in total. The highest BCUT2D eigenvalue weighted by molar-refractivity contribution is 4.83. The lowest BCUT2D eigenvalue weighted by Crippen LogP contribution is -2.28. The van der Waals surface area contributed by atoms with Crippen LogP contribution in [0.3, 0.4) is 0 Å². The van der Waals surface area contributed by atoms with Crippen molar-refractivity contribution >= 4 is 0 Å². The third-order valence-electron chi connectivity index (χ3n) is 1.80. The molecule has 2 atom stereocenters. The topological polar surface area (TPSA) is 29.3 Å². The van der Waals surface area contributed by atoms with E-state index < -0.39 is 0 Å². The second-order valence-electron chi connectivity index (χ2n) is 2.91. The van der Waals surface area contributed by atoms with Crippen LogP contribution in [0.15, 0.2) is 0 Å². The molecule has 0 spiro atoms. The average Bonchev–Trinajstić information content (AvgIpc) is 2.17. The maximum Gasteiger partial charge on any atom is 0.0156 e. The van der Waals surface area contributed by atoms with Crippen LogP contribution < -0.4 is 5.84 Å². The van der Waals surface area contributed by atoms with Crippen molar-refractivity contribution < 1.29 is 0 Å². The molecule has 8 heavy (non-hydrogen) atoms. The molecule has 1 aliphatic carbocycles. The molecule has 2 unspecified atom stereocenters. The molecule has 48 valence electrons. The lowest BCUT2D eigenvalue weighted by Gasteiger charge is -2.06. The summed E-state index contributed by atoms with van der Waals surface area (Å²) in [5.74, 6) is 7.25. The first-order valence-electron chi connectivity index (χ1n) is 3.16. The fraction of sp³-hybridized carbons (Fsp3) is 1.00. The van der Waals surface area contributed by atoms with Crippen LogP contribution in [0.4, 0.5) is 0 Å². The number of hydrazine groups is 1. The molecule has 2 nitrogen and oxygen atoms in total. The van der Waals surface area contributed by atoms with Crippen molar-refractivity contribution in [3.63, 3.8) is 0 Å². The normalized spacial score (nSPS) is 36.0. The highest BCUT2D eigenvalue weighted by atomic mass is 15.4. The first kappa shape index (κ1) is 6.05. The minimum Gasteiger partial charge on any atom is -0.269 e. The molecule has 0 amide bonds. The van der Waals surface area contributed by atoms with E-state index in [4.69, 9.17) is 5.84 Å². The summed E-state index contributed by atoms with van der Waals surface area (Å²) in [4.78, 5) is 0. The first-order valence-corrected chi connectivity index (χ1v) is 3.16. The third-order valence-corrected chi connectivity index (χ3v) is 1.80. The van der Waals surface area contributed by atoms with Gasteiger partial charge in [0.1, 0.15) is 0 Å². The molecule has 0 radical (unpaired) electrons. The summed E-state index contributed by atoms with van der Waals surface area (Å²) in [5.41, 5.74) is 0. The SMILES string of the molecule is CC1CC1CN(C)N. The van der Waals surface area contributed by atoms with Crippen molar-refractivity contribution in [1.82, 2.24) is 5.01 Å². The van der Waals surface area contributed by atoms with Crippen LogP contribution >= 0.6 is 0 Å². The molecule has 0 aromatic rings. The van der Waals surface area contributed by atoms with Gasteiger partial charge in [-0.25, -0.2) is 5.01 Å². The van der Waals surface area contributed by atoms with Crippen LogP contribution in [0.2, 0.25) is 0 Å². The van der Waals surface area contributed by atoms with Crippen LogP contribution in [0, 0.1) is 11.8 Å². The zero-order valence-electron chi connectivity index (χ0n) is 5.59. The molecule has 1 rings (SSSR count). The molecule has 2 heteroatoms. The summed E-state index contributed by atoms with van der Waals surface area (Å²) in [6.45, 7) is 3.34. The van der Waals surface area contributed by atoms with Gasteiger partial charge in [-0.2, -0.15) is 0 Å². The van der Waals surface area contributed by atoms with Crippen LogP contribution in [-0.2, 0) is 0 Å². The van der Waals surface area contributed by atoms with Gasteiger partial charge in [-0.15, -0.1) is 0 Å². The fourth-order valence-corrected chi connectivity index (χ4v) is 1.02. The second kappa shape index (κ2) is 2.03. The predicted octanol–water partition coefficient (Wildman–Crippen LogP) is 0.448. The van der Waals surface area contributed by atoms with Crippen LogP contribution in [0.5, 0.6) is 0 Å². The summed E-state index contributed by atoms with van der Waals surface area (Å²) in [6.07, 6.45) is 1.38. The van der Waals surface area contributed by atoms with E-state index in [9.17, 15) is 0 Å². The van der Waals surface area contributed by atoms with Crippen molar-refractivity contribution in [2.75, 3.05) is 13.6 Å². The van der Waals surface area contributed by atoms with Gasteiger partial charge in [-0.1, -0.05) is 6.92 Å². The van der Waals surface area contributed by atoms with E-state index in [-0.39, 0.29) is 0 Å². The monoisotopic (exact) mass is 114 g/mol. The Morgan fingerprint density at radius 3 is 2.38 bits per heavy atom. The summed E-state index contributed by atoms with van der Waals surface area (Å²) in [7, 11) is 1.92. The van der Waals surface area contributed by atoms with Crippen molar-refractivity contribution in [3.8, 4) is 0 Å². The quantitative estimate of drug-likeness (QED) is 0.417. The average molecular weight is 114 g/mol. The lowest BCUT2D eigenvalue weighted by molar-refractivity contribution is 0.327. The number of hydrogen-bond acceptors (Lipinski definition) is 2. The first-order chi connectivity index (χ1) is 3.70. The van der Waals surface area contributed by atoms with Gasteiger partial charge in [-0.3, -0.25) is 5.84 Å². The molecule has 1 fully saturated rings. The molecular weight excluding hydrogens is 100 g/mol. The highest BCUT2D eigenvalue weighted by Crippen LogP contribution is 2.37. The van der Waals surface area contributed by atoms with Crippen LogP contribution in [0.1, 0.15) is 13.3 Å². The Labute approximate surface area is 50.6 Å². The van der Waals surface area contributed by atoms with Gasteiger partial charge in [0.25, 0.3) is 0 Å². The number of nitrogens with zero attached hydrogens (tertiary/aromatic N) is 1. The second-order valence-corrected chi connectivity index (χ2v) is 2.91. The Bertz CT molecular complexity index is 80.6. The number of rotatable bonds is 2. The van der Waals surface area contributed by atoms with Crippen molar-refractivity contribution in [1.29, 1.82) is 0 Å². The van der Waals surface area contributed by atoms with Gasteiger partial charge >= 0.3 is 0 Å². The highest BCUT2D eigenvalue weighted by Gasteiger charge is 2.32.